The molecule has 1 heterocycles. The second-order valence-electron chi connectivity index (χ2n) is 9.36. The third-order valence-electron chi connectivity index (χ3n) is 6.60. The number of benzodiazepines with no additional fused rings is 1. The Balaban J connectivity index is 1.65. The first-order chi connectivity index (χ1) is 16.7. The lowest BCUT2D eigenvalue weighted by molar-refractivity contribution is -0.138. The fourth-order valence-electron chi connectivity index (χ4n) is 4.57. The summed E-state index contributed by atoms with van der Waals surface area (Å²) in [4.78, 5) is 32.8. The van der Waals surface area contributed by atoms with Crippen LogP contribution < -0.4 is 10.2 Å². The number of hydrogen-bond acceptors (Lipinski definition) is 4. The molecule has 1 amide bonds. The van der Waals surface area contributed by atoms with E-state index in [1.54, 1.807) is 0 Å². The molecule has 35 heavy (non-hydrogen) atoms. The Labute approximate surface area is 203 Å². The Morgan fingerprint density at radius 3 is 2.43 bits per heavy atom. The molecule has 0 saturated heterocycles. The van der Waals surface area contributed by atoms with Crippen molar-refractivity contribution in [3.8, 4) is 0 Å². The number of hydrogen-bond donors (Lipinski definition) is 1. The van der Waals surface area contributed by atoms with E-state index in [0.717, 1.165) is 49.1 Å². The number of aliphatic imine (C=N–C) groups is 1. The highest BCUT2D eigenvalue weighted by Gasteiger charge is 2.41. The van der Waals surface area contributed by atoms with E-state index in [9.17, 15) is 22.8 Å². The molecule has 2 aliphatic rings. The number of carbonyl (C=O) groups excluding carboxylic acids is 2. The van der Waals surface area contributed by atoms with Crippen LogP contribution in [0.1, 0.15) is 55.7 Å². The summed E-state index contributed by atoms with van der Waals surface area (Å²) in [6.45, 7) is 2.38. The number of nitrogens with one attached hydrogen (secondary N) is 1. The molecule has 1 unspecified atom stereocenters. The molecule has 8 heteroatoms. The quantitative estimate of drug-likeness (QED) is 0.522. The maximum Gasteiger partial charge on any atom is 0.416 e. The summed E-state index contributed by atoms with van der Waals surface area (Å²) >= 11 is 0. The van der Waals surface area contributed by atoms with Gasteiger partial charge in [-0.3, -0.25) is 14.6 Å². The minimum atomic E-state index is -4.43. The van der Waals surface area contributed by atoms with Crippen LogP contribution in [0.5, 0.6) is 0 Å². The maximum absolute atomic E-state index is 13.2. The molecule has 0 bridgehead atoms. The number of amides is 1. The van der Waals surface area contributed by atoms with E-state index in [1.807, 2.05) is 43.1 Å². The molecule has 4 rings (SSSR count). The van der Waals surface area contributed by atoms with E-state index in [0.29, 0.717) is 24.2 Å². The van der Waals surface area contributed by atoms with Gasteiger partial charge in [-0.25, -0.2) is 0 Å². The van der Waals surface area contributed by atoms with Crippen molar-refractivity contribution in [2.75, 3.05) is 18.5 Å². The molecule has 5 nitrogen and oxygen atoms in total. The van der Waals surface area contributed by atoms with E-state index in [1.165, 1.54) is 12.1 Å². The number of Topliss-reactive ketones (excluding diaryl/α,β-unsaturated/α-hetero) is 1. The van der Waals surface area contributed by atoms with Crippen molar-refractivity contribution in [2.45, 2.75) is 51.4 Å². The summed E-state index contributed by atoms with van der Waals surface area (Å²) in [5.41, 5.74) is 1.93. The van der Waals surface area contributed by atoms with Crippen molar-refractivity contribution in [3.63, 3.8) is 0 Å². The number of likely N-dealkylation sites (N-methyl/N-ethyl adjacent to an activating group) is 1. The van der Waals surface area contributed by atoms with Gasteiger partial charge in [-0.2, -0.15) is 13.2 Å². The first-order valence-corrected chi connectivity index (χ1v) is 12.1. The Bertz CT molecular complexity index is 1110. The predicted molar refractivity (Wildman–Crippen MR) is 129 cm³/mol. The van der Waals surface area contributed by atoms with Crippen molar-refractivity contribution < 1.29 is 22.8 Å². The zero-order valence-corrected chi connectivity index (χ0v) is 19.9. The van der Waals surface area contributed by atoms with Crippen LogP contribution in [0.4, 0.5) is 18.9 Å². The van der Waals surface area contributed by atoms with Gasteiger partial charge in [-0.15, -0.1) is 0 Å². The van der Waals surface area contributed by atoms with Crippen molar-refractivity contribution >= 4 is 23.1 Å². The fourth-order valence-corrected chi connectivity index (χ4v) is 4.57. The van der Waals surface area contributed by atoms with Crippen LogP contribution in [0.25, 0.3) is 0 Å². The average molecular weight is 486 g/mol. The lowest BCUT2D eigenvalue weighted by Crippen LogP contribution is -2.46. The van der Waals surface area contributed by atoms with E-state index in [-0.39, 0.29) is 17.6 Å². The molecule has 0 aromatic heterocycles. The van der Waals surface area contributed by atoms with Gasteiger partial charge in [0.25, 0.3) is 0 Å². The number of para-hydroxylation sites is 1. The summed E-state index contributed by atoms with van der Waals surface area (Å²) < 4.78 is 39.3. The zero-order valence-electron chi connectivity index (χ0n) is 19.9. The maximum atomic E-state index is 13.2. The molecule has 0 radical (unpaired) electrons. The minimum absolute atomic E-state index is 0.0240. The fraction of sp³-hybridized carbons (Fsp3) is 0.444. The van der Waals surface area contributed by atoms with Crippen molar-refractivity contribution in [1.82, 2.24) is 5.32 Å². The molecule has 2 aromatic carbocycles. The summed E-state index contributed by atoms with van der Waals surface area (Å²) in [6, 6.07) is 12.4. The van der Waals surface area contributed by atoms with Crippen molar-refractivity contribution in [3.05, 3.63) is 65.2 Å². The van der Waals surface area contributed by atoms with Crippen LogP contribution in [0.15, 0.2) is 53.5 Å². The highest BCUT2D eigenvalue weighted by Crippen LogP contribution is 2.38. The zero-order chi connectivity index (χ0) is 25.2. The van der Waals surface area contributed by atoms with Gasteiger partial charge in [0.1, 0.15) is 11.9 Å². The van der Waals surface area contributed by atoms with E-state index < -0.39 is 23.8 Å². The first-order valence-electron chi connectivity index (χ1n) is 12.1. The number of fused-ring (bicyclic) bond motifs is 1. The molecule has 1 aliphatic heterocycles. The SMILES string of the molecule is CCCCC(=O)[C@H](C(=O)NC1CN(C)c2ccccc2C(c2ccc(C(F)(F)F)cc2)=N1)C1CC1. The van der Waals surface area contributed by atoms with Gasteiger partial charge in [0, 0.05) is 30.3 Å². The van der Waals surface area contributed by atoms with E-state index >= 15 is 0 Å². The number of halogens is 3. The monoisotopic (exact) mass is 485 g/mol. The summed E-state index contributed by atoms with van der Waals surface area (Å²) in [5, 5.41) is 2.97. The molecule has 1 N–H and O–H groups in total. The highest BCUT2D eigenvalue weighted by atomic mass is 19.4. The number of benzene rings is 2. The molecule has 0 spiro atoms. The summed E-state index contributed by atoms with van der Waals surface area (Å²) in [5.74, 6) is -0.918. The molecule has 1 saturated carbocycles. The van der Waals surface area contributed by atoms with Crippen LogP contribution >= 0.6 is 0 Å². The number of ketones is 1. The second kappa shape index (κ2) is 10.2. The van der Waals surface area contributed by atoms with Crippen LogP contribution in [0.2, 0.25) is 0 Å². The number of carbonyl (C=O) groups is 2. The first kappa shape index (κ1) is 24.9. The molecule has 2 atom stereocenters. The molecule has 186 valence electrons. The van der Waals surface area contributed by atoms with Crippen LogP contribution in [0.3, 0.4) is 0 Å². The van der Waals surface area contributed by atoms with Gasteiger partial charge in [0.2, 0.25) is 5.91 Å². The predicted octanol–water partition coefficient (Wildman–Crippen LogP) is 5.22. The van der Waals surface area contributed by atoms with Crippen molar-refractivity contribution in [2.24, 2.45) is 16.8 Å². The van der Waals surface area contributed by atoms with E-state index in [4.69, 9.17) is 4.99 Å². The van der Waals surface area contributed by atoms with Crippen LogP contribution in [-0.2, 0) is 15.8 Å². The molecule has 1 aliphatic carbocycles. The summed E-state index contributed by atoms with van der Waals surface area (Å²) in [7, 11) is 1.88. The molecule has 1 fully saturated rings. The second-order valence-corrected chi connectivity index (χ2v) is 9.36. The van der Waals surface area contributed by atoms with Crippen molar-refractivity contribution in [1.29, 1.82) is 0 Å². The van der Waals surface area contributed by atoms with Gasteiger partial charge in [0.05, 0.1) is 23.7 Å². The Morgan fingerprint density at radius 2 is 1.80 bits per heavy atom. The van der Waals surface area contributed by atoms with Gasteiger partial charge in [0.15, 0.2) is 0 Å². The topological polar surface area (TPSA) is 61.8 Å². The summed E-state index contributed by atoms with van der Waals surface area (Å²) in [6.07, 6.45) is -1.32. The number of alkyl halides is 3. The van der Waals surface area contributed by atoms with Gasteiger partial charge < -0.3 is 10.2 Å². The number of nitrogens with zero attached hydrogens (tertiary/aromatic N) is 2. The number of unbranched alkanes of at least 4 members (excludes halogenated alkanes) is 1. The number of rotatable bonds is 8. The Kier molecular flexibility index (Phi) is 7.28. The lowest BCUT2D eigenvalue weighted by Gasteiger charge is -2.24. The molecule has 2 aromatic rings. The Morgan fingerprint density at radius 1 is 1.11 bits per heavy atom. The number of anilines is 1. The van der Waals surface area contributed by atoms with Gasteiger partial charge in [-0.1, -0.05) is 43.7 Å². The Hall–Kier alpha value is -3.16. The molecular formula is C27H30F3N3O2. The average Bonchev–Trinajstić information content (AvgIpc) is 3.66. The normalized spacial score (nSPS) is 18.8. The standard InChI is InChI=1S/C27H30F3N3O2/c1-3-4-9-22(34)24(17-10-11-17)26(35)32-23-16-33(2)21-8-6-5-7-20(21)25(31-23)18-12-14-19(15-13-18)27(28,29)30/h5-8,12-15,17,23-24H,3-4,9-11,16H2,1-2H3,(H,32,35)/t23?,24-/m1/s1. The van der Waals surface area contributed by atoms with E-state index in [2.05, 4.69) is 5.32 Å². The van der Waals surface area contributed by atoms with Crippen LogP contribution in [0, 0.1) is 11.8 Å². The molecular weight excluding hydrogens is 455 g/mol. The lowest BCUT2D eigenvalue weighted by atomic mass is 9.93. The third kappa shape index (κ3) is 5.74. The van der Waals surface area contributed by atoms with Gasteiger partial charge in [-0.05, 0) is 43.4 Å². The highest BCUT2D eigenvalue weighted by molar-refractivity contribution is 6.16. The third-order valence-corrected chi connectivity index (χ3v) is 6.60. The van der Waals surface area contributed by atoms with Gasteiger partial charge >= 0.3 is 6.18 Å². The smallest absolute Gasteiger partial charge is 0.370 e. The van der Waals surface area contributed by atoms with Crippen LogP contribution in [-0.4, -0.2) is 37.2 Å². The largest absolute Gasteiger partial charge is 0.416 e. The minimum Gasteiger partial charge on any atom is -0.370 e.